The summed E-state index contributed by atoms with van der Waals surface area (Å²) in [5.41, 5.74) is -4.92. The summed E-state index contributed by atoms with van der Waals surface area (Å²) < 4.78 is 81.0. The molecule has 58 heavy (non-hydrogen) atoms. The summed E-state index contributed by atoms with van der Waals surface area (Å²) in [7, 11) is -4.09. The monoisotopic (exact) mass is 836 g/mol. The van der Waals surface area contributed by atoms with Crippen molar-refractivity contribution >= 4 is 44.6 Å². The van der Waals surface area contributed by atoms with Crippen molar-refractivity contribution in [1.29, 1.82) is 0 Å². The summed E-state index contributed by atoms with van der Waals surface area (Å²) in [6, 6.07) is 3.79. The fourth-order valence-corrected chi connectivity index (χ4v) is 9.02. The molecule has 0 spiro atoms. The lowest BCUT2D eigenvalue weighted by molar-refractivity contribution is -0.244. The summed E-state index contributed by atoms with van der Waals surface area (Å²) in [5, 5.41) is 10.2. The van der Waals surface area contributed by atoms with Gasteiger partial charge in [0.15, 0.2) is 0 Å². The van der Waals surface area contributed by atoms with Crippen LogP contribution in [0.15, 0.2) is 41.2 Å². The predicted molar refractivity (Wildman–Crippen MR) is 205 cm³/mol. The number of hydrogen-bond acceptors (Lipinski definition) is 10. The summed E-state index contributed by atoms with van der Waals surface area (Å²) in [6.07, 6.45) is -1.63. The maximum atomic E-state index is 14.8. The van der Waals surface area contributed by atoms with Crippen LogP contribution < -0.4 is 25.7 Å². The van der Waals surface area contributed by atoms with Gasteiger partial charge < -0.3 is 25.0 Å². The zero-order valence-electron chi connectivity index (χ0n) is 33.4. The Labute approximate surface area is 334 Å². The Balaban J connectivity index is 1.37. The van der Waals surface area contributed by atoms with E-state index in [9.17, 15) is 45.6 Å². The number of aromatic nitrogens is 2. The van der Waals surface area contributed by atoms with Crippen LogP contribution in [0.4, 0.5) is 18.0 Å². The molecule has 3 N–H and O–H groups in total. The van der Waals surface area contributed by atoms with Gasteiger partial charge in [-0.15, -0.1) is 5.10 Å². The smallest absolute Gasteiger partial charge is 0.427 e. The number of rotatable bonds is 8. The minimum absolute atomic E-state index is 0.0505. The van der Waals surface area contributed by atoms with Crippen LogP contribution in [-0.2, 0) is 35.7 Å². The second-order valence-electron chi connectivity index (χ2n) is 17.0. The van der Waals surface area contributed by atoms with Gasteiger partial charge in [0, 0.05) is 18.9 Å². The van der Waals surface area contributed by atoms with Gasteiger partial charge in [0.25, 0.3) is 11.5 Å². The molecule has 318 valence electrons. The van der Waals surface area contributed by atoms with Crippen LogP contribution in [-0.4, -0.2) is 93.7 Å². The first-order valence-electron chi connectivity index (χ1n) is 19.6. The first-order chi connectivity index (χ1) is 27.0. The third-order valence-corrected chi connectivity index (χ3v) is 14.1. The molecule has 1 saturated heterocycles. The highest BCUT2D eigenvalue weighted by molar-refractivity contribution is 7.91. The quantitative estimate of drug-likeness (QED) is 0.326. The van der Waals surface area contributed by atoms with Gasteiger partial charge in [-0.05, 0) is 90.2 Å². The van der Waals surface area contributed by atoms with E-state index in [4.69, 9.17) is 9.47 Å². The molecule has 3 fully saturated rings. The first-order valence-corrected chi connectivity index (χ1v) is 21.1. The molecule has 2 aliphatic heterocycles. The standard InChI is InChI=1S/C39H51F3N6O9S/c1-7-48-32(50)27-15-11-10-14-26(27)31(45-48)56-25-19-28-30(49)44-38(34(52)46-58(54,55)37(6)16-17-37)20-24(38)13-9-8-12-22(2)18-23(3)29(33(51)47(28)21-25)43-35(53)57-36(4,5)39(40,41)42/h9-11,13-15,22-25,28-29H,7-8,12,16-21H2,1-6H3,(H,43,53)(H,44,49)(H,46,52)/b13-9-/t22-,23-,24-,25-,28+,29+,38-/m1/s1. The fourth-order valence-electron chi connectivity index (χ4n) is 7.71. The number of alkyl halides is 3. The summed E-state index contributed by atoms with van der Waals surface area (Å²) in [5.74, 6) is -3.78. The highest BCUT2D eigenvalue weighted by Crippen LogP contribution is 2.47. The maximum absolute atomic E-state index is 14.8. The molecular weight excluding hydrogens is 786 g/mol. The van der Waals surface area contributed by atoms with Crippen LogP contribution in [0.1, 0.15) is 86.5 Å². The van der Waals surface area contributed by atoms with Crippen molar-refractivity contribution in [1.82, 2.24) is 30.0 Å². The molecule has 0 unspecified atom stereocenters. The normalized spacial score (nSPS) is 29.5. The summed E-state index contributed by atoms with van der Waals surface area (Å²) in [4.78, 5) is 70.5. The van der Waals surface area contributed by atoms with Gasteiger partial charge in [-0.25, -0.2) is 17.9 Å². The van der Waals surface area contributed by atoms with E-state index in [-0.39, 0.29) is 43.3 Å². The Morgan fingerprint density at radius 3 is 2.38 bits per heavy atom. The molecule has 2 aromatic rings. The van der Waals surface area contributed by atoms with Gasteiger partial charge in [-0.3, -0.25) is 23.9 Å². The van der Waals surface area contributed by atoms with Gasteiger partial charge in [0.1, 0.15) is 23.7 Å². The van der Waals surface area contributed by atoms with E-state index in [2.05, 4.69) is 20.5 Å². The summed E-state index contributed by atoms with van der Waals surface area (Å²) >= 11 is 0. The van der Waals surface area contributed by atoms with E-state index < -0.39 is 85.9 Å². The van der Waals surface area contributed by atoms with Crippen molar-refractivity contribution in [3.05, 3.63) is 46.8 Å². The number of sulfonamides is 1. The van der Waals surface area contributed by atoms with Crippen molar-refractivity contribution in [2.24, 2.45) is 17.8 Å². The lowest BCUT2D eigenvalue weighted by Gasteiger charge is -2.34. The molecular formula is C39H51F3N6O9S. The lowest BCUT2D eigenvalue weighted by atomic mass is 9.88. The fraction of sp³-hybridized carbons (Fsp3) is 0.641. The number of carbonyl (C=O) groups excluding carboxylic acids is 4. The number of halogens is 3. The van der Waals surface area contributed by atoms with E-state index in [1.165, 1.54) is 11.6 Å². The molecule has 2 aliphatic carbocycles. The highest BCUT2D eigenvalue weighted by atomic mass is 32.2. The van der Waals surface area contributed by atoms with Gasteiger partial charge >= 0.3 is 12.3 Å². The molecule has 4 aliphatic rings. The zero-order valence-corrected chi connectivity index (χ0v) is 34.2. The number of hydrogen-bond donors (Lipinski definition) is 3. The van der Waals surface area contributed by atoms with Crippen LogP contribution in [0.25, 0.3) is 10.8 Å². The summed E-state index contributed by atoms with van der Waals surface area (Å²) in [6.45, 7) is 8.14. The minimum Gasteiger partial charge on any atom is -0.471 e. The van der Waals surface area contributed by atoms with Gasteiger partial charge in [-0.2, -0.15) is 13.2 Å². The number of amides is 4. The molecule has 1 aromatic carbocycles. The number of benzene rings is 1. The largest absolute Gasteiger partial charge is 0.471 e. The Morgan fingerprint density at radius 1 is 1.07 bits per heavy atom. The second kappa shape index (κ2) is 15.5. The molecule has 4 amide bonds. The van der Waals surface area contributed by atoms with Crippen molar-refractivity contribution in [3.63, 3.8) is 0 Å². The van der Waals surface area contributed by atoms with Crippen LogP contribution in [0.3, 0.4) is 0 Å². The number of ether oxygens (including phenoxy) is 2. The Bertz CT molecular complexity index is 2170. The molecule has 0 radical (unpaired) electrons. The molecule has 2 saturated carbocycles. The molecule has 1 aromatic heterocycles. The second-order valence-corrected chi connectivity index (χ2v) is 19.1. The minimum atomic E-state index is -4.93. The third-order valence-electron chi connectivity index (χ3n) is 12.0. The maximum Gasteiger partial charge on any atom is 0.427 e. The van der Waals surface area contributed by atoms with Crippen molar-refractivity contribution < 1.29 is 50.2 Å². The predicted octanol–water partition coefficient (Wildman–Crippen LogP) is 4.09. The van der Waals surface area contributed by atoms with Gasteiger partial charge in [0.2, 0.25) is 33.3 Å². The number of alkyl carbamates (subject to hydrolysis) is 1. The lowest BCUT2D eigenvalue weighted by Crippen LogP contribution is -2.59. The van der Waals surface area contributed by atoms with Gasteiger partial charge in [-0.1, -0.05) is 38.1 Å². The van der Waals surface area contributed by atoms with E-state index in [0.29, 0.717) is 56.7 Å². The number of allylic oxidation sites excluding steroid dienone is 1. The van der Waals surface area contributed by atoms with Crippen molar-refractivity contribution in [2.75, 3.05) is 6.54 Å². The van der Waals surface area contributed by atoms with Gasteiger partial charge in [0.05, 0.1) is 22.1 Å². The van der Waals surface area contributed by atoms with Crippen LogP contribution in [0.5, 0.6) is 5.88 Å². The average Bonchev–Trinajstić information content (AvgIpc) is 4.02. The zero-order chi connectivity index (χ0) is 42.6. The Morgan fingerprint density at radius 2 is 1.74 bits per heavy atom. The van der Waals surface area contributed by atoms with E-state index in [1.54, 1.807) is 44.2 Å². The van der Waals surface area contributed by atoms with E-state index in [0.717, 1.165) is 4.90 Å². The molecule has 6 rings (SSSR count). The van der Waals surface area contributed by atoms with Crippen LogP contribution in [0.2, 0.25) is 0 Å². The molecule has 7 atom stereocenters. The SMILES string of the molecule is CCn1nc(O[C@@H]2C[C@H]3C(=O)N[C@]4(C(=O)NS(=O)(=O)C5(C)CC5)C[C@H]4/C=C\CC[C@@H](C)C[C@@H](C)[C@H](NC(=O)OC(C)(C)C(F)(F)F)C(=O)N3C2)c2ccccc2c1=O. The van der Waals surface area contributed by atoms with Crippen molar-refractivity contribution in [2.45, 2.75) is 133 Å². The number of carbonyl (C=O) groups is 4. The highest BCUT2D eigenvalue weighted by Gasteiger charge is 2.63. The van der Waals surface area contributed by atoms with E-state index in [1.807, 2.05) is 13.0 Å². The Hall–Kier alpha value is -4.68. The molecule has 15 nitrogen and oxygen atoms in total. The topological polar surface area (TPSA) is 195 Å². The number of nitrogens with zero attached hydrogens (tertiary/aromatic N) is 3. The van der Waals surface area contributed by atoms with Crippen LogP contribution >= 0.6 is 0 Å². The number of nitrogens with one attached hydrogen (secondary N) is 3. The molecule has 3 heterocycles. The van der Waals surface area contributed by atoms with Crippen molar-refractivity contribution in [3.8, 4) is 5.88 Å². The number of aryl methyl sites for hydroxylation is 1. The number of fused-ring (bicyclic) bond motifs is 3. The van der Waals surface area contributed by atoms with Crippen LogP contribution in [0, 0.1) is 17.8 Å². The Kier molecular flexibility index (Phi) is 11.5. The average molecular weight is 837 g/mol. The van der Waals surface area contributed by atoms with E-state index >= 15 is 0 Å². The molecule has 0 bridgehead atoms. The third kappa shape index (κ3) is 8.41. The molecule has 19 heteroatoms. The first kappa shape index (κ1) is 42.9.